The van der Waals surface area contributed by atoms with E-state index in [1.807, 2.05) is 6.07 Å². The standard InChI is InChI=1S/C12H17NO/c1-11(13-14)7-5-6-10-12-8-3-2-4-9-12/h2-4,8-9,13-14H,1,5-7,10H2. The molecule has 0 amide bonds. The van der Waals surface area contributed by atoms with E-state index in [0.29, 0.717) is 5.70 Å². The zero-order valence-electron chi connectivity index (χ0n) is 8.37. The largest absolute Gasteiger partial charge is 0.291 e. The average Bonchev–Trinajstić information content (AvgIpc) is 2.25. The van der Waals surface area contributed by atoms with Crippen LogP contribution >= 0.6 is 0 Å². The zero-order chi connectivity index (χ0) is 10.2. The fraction of sp³-hybridized carbons (Fsp3) is 0.333. The van der Waals surface area contributed by atoms with Crippen LogP contribution < -0.4 is 5.48 Å². The van der Waals surface area contributed by atoms with Gasteiger partial charge in [0.25, 0.3) is 0 Å². The summed E-state index contributed by atoms with van der Waals surface area (Å²) in [5.41, 5.74) is 4.13. The van der Waals surface area contributed by atoms with Crippen LogP contribution in [0, 0.1) is 0 Å². The third-order valence-corrected chi connectivity index (χ3v) is 2.19. The molecule has 1 aromatic carbocycles. The monoisotopic (exact) mass is 191 g/mol. The van der Waals surface area contributed by atoms with Crippen molar-refractivity contribution in [1.29, 1.82) is 0 Å². The molecule has 0 aromatic heterocycles. The first-order valence-corrected chi connectivity index (χ1v) is 4.94. The van der Waals surface area contributed by atoms with Crippen LogP contribution in [0.15, 0.2) is 42.6 Å². The molecule has 0 bridgehead atoms. The molecule has 2 N–H and O–H groups in total. The SMILES string of the molecule is C=C(CCCCc1ccccc1)NO. The molecule has 0 spiro atoms. The van der Waals surface area contributed by atoms with Gasteiger partial charge in [0.1, 0.15) is 0 Å². The molecule has 0 saturated heterocycles. The topological polar surface area (TPSA) is 32.3 Å². The molecule has 1 aromatic rings. The second-order valence-electron chi connectivity index (χ2n) is 3.41. The molecule has 0 saturated carbocycles. The van der Waals surface area contributed by atoms with E-state index in [1.54, 1.807) is 0 Å². The predicted octanol–water partition coefficient (Wildman–Crippen LogP) is 2.89. The van der Waals surface area contributed by atoms with Gasteiger partial charge in [-0.25, -0.2) is 0 Å². The predicted molar refractivity (Wildman–Crippen MR) is 58.1 cm³/mol. The summed E-state index contributed by atoms with van der Waals surface area (Å²) in [6.45, 7) is 3.66. The molecule has 14 heavy (non-hydrogen) atoms. The molecule has 2 heteroatoms. The molecule has 1 rings (SSSR count). The number of hydrogen-bond acceptors (Lipinski definition) is 2. The third-order valence-electron chi connectivity index (χ3n) is 2.19. The van der Waals surface area contributed by atoms with Crippen molar-refractivity contribution in [1.82, 2.24) is 5.48 Å². The van der Waals surface area contributed by atoms with E-state index in [0.717, 1.165) is 25.7 Å². The van der Waals surface area contributed by atoms with Crippen LogP contribution in [0.4, 0.5) is 0 Å². The van der Waals surface area contributed by atoms with E-state index >= 15 is 0 Å². The molecule has 76 valence electrons. The minimum atomic E-state index is 0.693. The lowest BCUT2D eigenvalue weighted by atomic mass is 10.1. The van der Waals surface area contributed by atoms with Gasteiger partial charge in [-0.1, -0.05) is 36.9 Å². The lowest BCUT2D eigenvalue weighted by Gasteiger charge is -2.03. The van der Waals surface area contributed by atoms with Crippen molar-refractivity contribution in [2.45, 2.75) is 25.7 Å². The number of rotatable bonds is 6. The molecular formula is C12H17NO. The van der Waals surface area contributed by atoms with Crippen molar-refractivity contribution in [3.8, 4) is 0 Å². The van der Waals surface area contributed by atoms with Crippen molar-refractivity contribution in [2.24, 2.45) is 0 Å². The van der Waals surface area contributed by atoms with Gasteiger partial charge in [-0.05, 0) is 31.2 Å². The Morgan fingerprint density at radius 3 is 2.57 bits per heavy atom. The first kappa shape index (κ1) is 10.8. The summed E-state index contributed by atoms with van der Waals surface area (Å²) in [7, 11) is 0. The van der Waals surface area contributed by atoms with Crippen LogP contribution in [0.1, 0.15) is 24.8 Å². The molecule has 0 aliphatic carbocycles. The van der Waals surface area contributed by atoms with Crippen molar-refractivity contribution in [3.05, 3.63) is 48.2 Å². The summed E-state index contributed by atoms with van der Waals surface area (Å²) >= 11 is 0. The first-order valence-electron chi connectivity index (χ1n) is 4.94. The van der Waals surface area contributed by atoms with E-state index in [1.165, 1.54) is 5.56 Å². The van der Waals surface area contributed by atoms with Crippen molar-refractivity contribution >= 4 is 0 Å². The van der Waals surface area contributed by atoms with Crippen LogP contribution in [0.25, 0.3) is 0 Å². The quantitative estimate of drug-likeness (QED) is 0.535. The maximum atomic E-state index is 8.50. The second kappa shape index (κ2) is 6.22. The third kappa shape index (κ3) is 4.10. The Labute approximate surface area is 85.2 Å². The fourth-order valence-electron chi connectivity index (χ4n) is 1.37. The van der Waals surface area contributed by atoms with E-state index in [2.05, 4.69) is 36.3 Å². The number of nitrogens with one attached hydrogen (secondary N) is 1. The molecule has 0 aliphatic heterocycles. The van der Waals surface area contributed by atoms with Crippen molar-refractivity contribution < 1.29 is 5.21 Å². The molecule has 0 unspecified atom stereocenters. The smallest absolute Gasteiger partial charge is 0.0304 e. The Morgan fingerprint density at radius 1 is 1.21 bits per heavy atom. The van der Waals surface area contributed by atoms with Crippen molar-refractivity contribution in [2.75, 3.05) is 0 Å². The summed E-state index contributed by atoms with van der Waals surface area (Å²) < 4.78 is 0. The summed E-state index contributed by atoms with van der Waals surface area (Å²) in [6, 6.07) is 10.4. The molecule has 0 atom stereocenters. The van der Waals surface area contributed by atoms with Crippen LogP contribution in [0.3, 0.4) is 0 Å². The van der Waals surface area contributed by atoms with E-state index in [9.17, 15) is 0 Å². The minimum Gasteiger partial charge on any atom is -0.291 e. The highest BCUT2D eigenvalue weighted by molar-refractivity contribution is 5.14. The van der Waals surface area contributed by atoms with Gasteiger partial charge in [0.2, 0.25) is 0 Å². The normalized spacial score (nSPS) is 9.79. The van der Waals surface area contributed by atoms with Crippen LogP contribution in [0.5, 0.6) is 0 Å². The average molecular weight is 191 g/mol. The number of benzene rings is 1. The van der Waals surface area contributed by atoms with Crippen molar-refractivity contribution in [3.63, 3.8) is 0 Å². The number of unbranched alkanes of at least 4 members (excludes halogenated alkanes) is 1. The summed E-state index contributed by atoms with van der Waals surface area (Å²) in [4.78, 5) is 0. The lowest BCUT2D eigenvalue weighted by Crippen LogP contribution is -2.04. The number of hydroxylamine groups is 1. The molecule has 0 heterocycles. The van der Waals surface area contributed by atoms with E-state index in [4.69, 9.17) is 5.21 Å². The molecule has 0 aliphatic rings. The Kier molecular flexibility index (Phi) is 4.79. The summed E-state index contributed by atoms with van der Waals surface area (Å²) in [6.07, 6.45) is 4.12. The number of aryl methyl sites for hydroxylation is 1. The Morgan fingerprint density at radius 2 is 1.93 bits per heavy atom. The van der Waals surface area contributed by atoms with Gasteiger partial charge < -0.3 is 0 Å². The van der Waals surface area contributed by atoms with Crippen LogP contribution in [-0.4, -0.2) is 5.21 Å². The summed E-state index contributed by atoms with van der Waals surface area (Å²) in [5.74, 6) is 0. The van der Waals surface area contributed by atoms with Gasteiger partial charge >= 0.3 is 0 Å². The molecule has 0 fully saturated rings. The number of allylic oxidation sites excluding steroid dienone is 1. The maximum absolute atomic E-state index is 8.50. The Balaban J connectivity index is 2.13. The van der Waals surface area contributed by atoms with Gasteiger partial charge in [-0.15, -0.1) is 0 Å². The Bertz CT molecular complexity index is 269. The second-order valence-corrected chi connectivity index (χ2v) is 3.41. The first-order chi connectivity index (χ1) is 6.83. The van der Waals surface area contributed by atoms with Gasteiger partial charge in [0, 0.05) is 5.70 Å². The molecular weight excluding hydrogens is 174 g/mol. The van der Waals surface area contributed by atoms with Gasteiger partial charge in [-0.3, -0.25) is 10.7 Å². The summed E-state index contributed by atoms with van der Waals surface area (Å²) in [5, 5.41) is 8.50. The molecule has 0 radical (unpaired) electrons. The van der Waals surface area contributed by atoms with E-state index in [-0.39, 0.29) is 0 Å². The van der Waals surface area contributed by atoms with Gasteiger partial charge in [-0.2, -0.15) is 0 Å². The van der Waals surface area contributed by atoms with Gasteiger partial charge in [0.15, 0.2) is 0 Å². The lowest BCUT2D eigenvalue weighted by molar-refractivity contribution is 0.196. The maximum Gasteiger partial charge on any atom is 0.0304 e. The highest BCUT2D eigenvalue weighted by Crippen LogP contribution is 2.07. The highest BCUT2D eigenvalue weighted by Gasteiger charge is 1.94. The number of hydrogen-bond donors (Lipinski definition) is 2. The fourth-order valence-corrected chi connectivity index (χ4v) is 1.37. The highest BCUT2D eigenvalue weighted by atomic mass is 16.5. The minimum absolute atomic E-state index is 0.693. The van der Waals surface area contributed by atoms with Crippen LogP contribution in [-0.2, 0) is 6.42 Å². The zero-order valence-corrected chi connectivity index (χ0v) is 8.37. The van der Waals surface area contributed by atoms with Gasteiger partial charge in [0.05, 0.1) is 0 Å². The van der Waals surface area contributed by atoms with E-state index < -0.39 is 0 Å². The molecule has 2 nitrogen and oxygen atoms in total. The Hall–Kier alpha value is -1.28. The van der Waals surface area contributed by atoms with Crippen LogP contribution in [0.2, 0.25) is 0 Å².